The molecule has 1 atom stereocenters. The van der Waals surface area contributed by atoms with Gasteiger partial charge in [0.1, 0.15) is 6.10 Å². The summed E-state index contributed by atoms with van der Waals surface area (Å²) in [4.78, 5) is 4.08. The lowest BCUT2D eigenvalue weighted by Gasteiger charge is -1.99. The second kappa shape index (κ2) is 5.04. The fraction of sp³-hybridized carbons (Fsp3) is 0.273. The average molecular weight is 273 g/mol. The van der Waals surface area contributed by atoms with Crippen molar-refractivity contribution in [3.63, 3.8) is 0 Å². The van der Waals surface area contributed by atoms with Crippen molar-refractivity contribution in [2.24, 2.45) is 0 Å². The van der Waals surface area contributed by atoms with Crippen LogP contribution in [0.5, 0.6) is 0 Å². The SMILES string of the molecule is CCC(O)c1noc(-c2cc(Cl)ccc2Cl)n1. The minimum atomic E-state index is -0.731. The maximum atomic E-state index is 9.57. The van der Waals surface area contributed by atoms with Gasteiger partial charge in [0.25, 0.3) is 5.89 Å². The summed E-state index contributed by atoms with van der Waals surface area (Å²) in [5, 5.41) is 14.3. The minimum absolute atomic E-state index is 0.249. The van der Waals surface area contributed by atoms with Gasteiger partial charge in [0.05, 0.1) is 10.6 Å². The summed E-state index contributed by atoms with van der Waals surface area (Å²) in [6, 6.07) is 4.96. The molecule has 1 N–H and O–H groups in total. The first-order valence-electron chi connectivity index (χ1n) is 5.09. The molecule has 1 unspecified atom stereocenters. The molecule has 2 aromatic rings. The van der Waals surface area contributed by atoms with Crippen LogP contribution >= 0.6 is 23.2 Å². The molecule has 0 aliphatic rings. The predicted octanol–water partition coefficient (Wildman–Crippen LogP) is 3.49. The van der Waals surface area contributed by atoms with E-state index in [1.54, 1.807) is 18.2 Å². The molecule has 0 aliphatic heterocycles. The van der Waals surface area contributed by atoms with Crippen LogP contribution in [-0.2, 0) is 0 Å². The lowest BCUT2D eigenvalue weighted by atomic mass is 10.2. The zero-order chi connectivity index (χ0) is 12.4. The monoisotopic (exact) mass is 272 g/mol. The topological polar surface area (TPSA) is 59.2 Å². The zero-order valence-electron chi connectivity index (χ0n) is 9.02. The Morgan fingerprint density at radius 3 is 2.88 bits per heavy atom. The van der Waals surface area contributed by atoms with E-state index in [0.29, 0.717) is 22.0 Å². The average Bonchev–Trinajstić information content (AvgIpc) is 2.80. The van der Waals surface area contributed by atoms with Gasteiger partial charge >= 0.3 is 0 Å². The summed E-state index contributed by atoms with van der Waals surface area (Å²) in [6.07, 6.45) is -0.215. The van der Waals surface area contributed by atoms with Crippen molar-refractivity contribution >= 4 is 23.2 Å². The zero-order valence-corrected chi connectivity index (χ0v) is 10.5. The first kappa shape index (κ1) is 12.4. The van der Waals surface area contributed by atoms with Gasteiger partial charge in [-0.15, -0.1) is 0 Å². The Morgan fingerprint density at radius 2 is 2.18 bits per heavy atom. The summed E-state index contributed by atoms with van der Waals surface area (Å²) in [5.41, 5.74) is 0.557. The van der Waals surface area contributed by atoms with E-state index in [9.17, 15) is 5.11 Å². The number of aliphatic hydroxyl groups is 1. The highest BCUT2D eigenvalue weighted by Gasteiger charge is 2.16. The summed E-state index contributed by atoms with van der Waals surface area (Å²) in [6.45, 7) is 1.83. The van der Waals surface area contributed by atoms with Crippen molar-refractivity contribution in [2.75, 3.05) is 0 Å². The maximum Gasteiger partial charge on any atom is 0.259 e. The quantitative estimate of drug-likeness (QED) is 0.929. The Kier molecular flexibility index (Phi) is 3.66. The molecule has 0 radical (unpaired) electrons. The molecule has 6 heteroatoms. The highest BCUT2D eigenvalue weighted by atomic mass is 35.5. The Labute approximate surface area is 108 Å². The number of hydrogen-bond donors (Lipinski definition) is 1. The van der Waals surface area contributed by atoms with Gasteiger partial charge in [0.2, 0.25) is 5.82 Å². The van der Waals surface area contributed by atoms with Gasteiger partial charge in [0.15, 0.2) is 0 Å². The van der Waals surface area contributed by atoms with Gasteiger partial charge in [-0.05, 0) is 24.6 Å². The highest BCUT2D eigenvalue weighted by molar-refractivity contribution is 6.35. The van der Waals surface area contributed by atoms with Crippen molar-refractivity contribution in [1.82, 2.24) is 10.1 Å². The second-order valence-electron chi connectivity index (χ2n) is 3.51. The Bertz CT molecular complexity index is 528. The van der Waals surface area contributed by atoms with Crippen LogP contribution in [-0.4, -0.2) is 15.2 Å². The highest BCUT2D eigenvalue weighted by Crippen LogP contribution is 2.30. The van der Waals surface area contributed by atoms with Gasteiger partial charge in [-0.25, -0.2) is 0 Å². The summed E-state index contributed by atoms with van der Waals surface area (Å²) in [7, 11) is 0. The number of rotatable bonds is 3. The number of aliphatic hydroxyl groups excluding tert-OH is 1. The smallest absolute Gasteiger partial charge is 0.259 e. The van der Waals surface area contributed by atoms with Crippen LogP contribution in [0.2, 0.25) is 10.0 Å². The second-order valence-corrected chi connectivity index (χ2v) is 4.35. The van der Waals surface area contributed by atoms with E-state index in [2.05, 4.69) is 10.1 Å². The van der Waals surface area contributed by atoms with Crippen LogP contribution in [0.1, 0.15) is 25.3 Å². The van der Waals surface area contributed by atoms with Crippen molar-refractivity contribution in [3.05, 3.63) is 34.1 Å². The predicted molar refractivity (Wildman–Crippen MR) is 65.0 cm³/mol. The summed E-state index contributed by atoms with van der Waals surface area (Å²) in [5.74, 6) is 0.499. The van der Waals surface area contributed by atoms with Crippen LogP contribution in [0, 0.1) is 0 Å². The number of hydrogen-bond acceptors (Lipinski definition) is 4. The van der Waals surface area contributed by atoms with Crippen LogP contribution in [0.25, 0.3) is 11.5 Å². The number of benzene rings is 1. The van der Waals surface area contributed by atoms with Crippen LogP contribution < -0.4 is 0 Å². The normalized spacial score (nSPS) is 12.7. The molecule has 0 saturated carbocycles. The molecule has 0 saturated heterocycles. The lowest BCUT2D eigenvalue weighted by molar-refractivity contribution is 0.159. The van der Waals surface area contributed by atoms with Gasteiger partial charge < -0.3 is 9.63 Å². The maximum absolute atomic E-state index is 9.57. The molecule has 0 bridgehead atoms. The molecule has 90 valence electrons. The number of halogens is 2. The first-order valence-corrected chi connectivity index (χ1v) is 5.84. The molecular formula is C11H10Cl2N2O2. The molecule has 2 rings (SSSR count). The minimum Gasteiger partial charge on any atom is -0.385 e. The Morgan fingerprint density at radius 1 is 1.41 bits per heavy atom. The standard InChI is InChI=1S/C11H10Cl2N2O2/c1-2-9(16)10-14-11(17-15-10)7-5-6(12)3-4-8(7)13/h3-5,9,16H,2H2,1H3. The first-order chi connectivity index (χ1) is 8.11. The molecule has 17 heavy (non-hydrogen) atoms. The third kappa shape index (κ3) is 2.60. The molecule has 1 heterocycles. The molecule has 0 amide bonds. The largest absolute Gasteiger partial charge is 0.385 e. The van der Waals surface area contributed by atoms with E-state index >= 15 is 0 Å². The van der Waals surface area contributed by atoms with E-state index in [4.69, 9.17) is 27.7 Å². The fourth-order valence-corrected chi connectivity index (χ4v) is 1.69. The van der Waals surface area contributed by atoms with E-state index in [0.717, 1.165) is 0 Å². The van der Waals surface area contributed by atoms with E-state index in [1.165, 1.54) is 0 Å². The van der Waals surface area contributed by atoms with Crippen LogP contribution in [0.15, 0.2) is 22.7 Å². The molecule has 0 aliphatic carbocycles. The van der Waals surface area contributed by atoms with Crippen molar-refractivity contribution < 1.29 is 9.63 Å². The fourth-order valence-electron chi connectivity index (χ4n) is 1.32. The summed E-state index contributed by atoms with van der Waals surface area (Å²) >= 11 is 11.9. The third-order valence-electron chi connectivity index (χ3n) is 2.29. The van der Waals surface area contributed by atoms with Crippen LogP contribution in [0.4, 0.5) is 0 Å². The van der Waals surface area contributed by atoms with Gasteiger partial charge in [-0.3, -0.25) is 0 Å². The van der Waals surface area contributed by atoms with Gasteiger partial charge in [0, 0.05) is 5.02 Å². The van der Waals surface area contributed by atoms with Crippen molar-refractivity contribution in [2.45, 2.75) is 19.4 Å². The lowest BCUT2D eigenvalue weighted by Crippen LogP contribution is -1.97. The Balaban J connectivity index is 2.40. The number of nitrogens with zero attached hydrogens (tertiary/aromatic N) is 2. The molecule has 0 spiro atoms. The third-order valence-corrected chi connectivity index (χ3v) is 2.85. The van der Waals surface area contributed by atoms with E-state index < -0.39 is 6.10 Å². The summed E-state index contributed by atoms with van der Waals surface area (Å²) < 4.78 is 5.05. The van der Waals surface area contributed by atoms with E-state index in [-0.39, 0.29) is 11.7 Å². The van der Waals surface area contributed by atoms with Gasteiger partial charge in [-0.2, -0.15) is 4.98 Å². The van der Waals surface area contributed by atoms with Gasteiger partial charge in [-0.1, -0.05) is 35.3 Å². The molecular weight excluding hydrogens is 263 g/mol. The van der Waals surface area contributed by atoms with Crippen molar-refractivity contribution in [3.8, 4) is 11.5 Å². The molecule has 1 aromatic carbocycles. The molecule has 0 fully saturated rings. The molecule has 4 nitrogen and oxygen atoms in total. The number of aromatic nitrogens is 2. The van der Waals surface area contributed by atoms with Crippen LogP contribution in [0.3, 0.4) is 0 Å². The molecule has 1 aromatic heterocycles. The van der Waals surface area contributed by atoms with E-state index in [1.807, 2.05) is 6.92 Å². The van der Waals surface area contributed by atoms with Crippen molar-refractivity contribution in [1.29, 1.82) is 0 Å². The Hall–Kier alpha value is -1.10.